The maximum absolute atomic E-state index is 13.4. The number of carbonyl (C=O) groups is 3. The van der Waals surface area contributed by atoms with Crippen molar-refractivity contribution in [1.82, 2.24) is 9.80 Å². The van der Waals surface area contributed by atoms with Gasteiger partial charge < -0.3 is 19.1 Å². The Hall–Kier alpha value is -3.31. The number of ether oxygens (including phenoxy) is 3. The third-order valence-corrected chi connectivity index (χ3v) is 6.26. The Morgan fingerprint density at radius 1 is 1.03 bits per heavy atom. The number of hydrogen-bond donors (Lipinski definition) is 0. The second-order valence-electron chi connectivity index (χ2n) is 8.70. The number of piperazine rings is 1. The number of imide groups is 1. The second kappa shape index (κ2) is 13.0. The third kappa shape index (κ3) is 6.96. The maximum atomic E-state index is 13.4. The van der Waals surface area contributed by atoms with Crippen molar-refractivity contribution in [3.8, 4) is 6.07 Å². The number of carbonyl (C=O) groups excluding carboxylic acids is 3. The molecule has 13 heteroatoms. The van der Waals surface area contributed by atoms with Gasteiger partial charge in [-0.3, -0.25) is 19.3 Å². The predicted molar refractivity (Wildman–Crippen MR) is 128 cm³/mol. The van der Waals surface area contributed by atoms with Crippen LogP contribution in [0.2, 0.25) is 0 Å². The normalized spacial score (nSPS) is 16.9. The highest BCUT2D eigenvalue weighted by Crippen LogP contribution is 2.36. The molecule has 2 aliphatic heterocycles. The molecule has 10 nitrogen and oxygen atoms in total. The Balaban J connectivity index is 1.54. The van der Waals surface area contributed by atoms with Crippen LogP contribution in [-0.2, 0) is 34.8 Å². The second-order valence-corrected chi connectivity index (χ2v) is 8.70. The van der Waals surface area contributed by atoms with Gasteiger partial charge in [0.2, 0.25) is 5.91 Å². The molecule has 0 aliphatic carbocycles. The van der Waals surface area contributed by atoms with Gasteiger partial charge in [0.15, 0.2) is 0 Å². The molecule has 1 fully saturated rings. The predicted octanol–water partition coefficient (Wildman–Crippen LogP) is 1.59. The van der Waals surface area contributed by atoms with Gasteiger partial charge >= 0.3 is 6.18 Å². The van der Waals surface area contributed by atoms with Gasteiger partial charge in [-0.05, 0) is 25.1 Å². The molecular weight excluding hydrogens is 509 g/mol. The fraction of sp³-hybridized carbons (Fsp3) is 0.520. The third-order valence-electron chi connectivity index (χ3n) is 6.26. The Kier molecular flexibility index (Phi) is 9.98. The SMILES string of the molecule is COCCOCCOCC(=O)N1CCN(CC2=C(C)C(=O)N(c3ccc(C#N)c(C(F)(F)F)c3)C2=O)CC1. The summed E-state index contributed by atoms with van der Waals surface area (Å²) in [6.07, 6.45) is -4.82. The van der Waals surface area contributed by atoms with Crippen molar-refractivity contribution < 1.29 is 41.8 Å². The number of benzene rings is 1. The number of nitrogens with zero attached hydrogens (tertiary/aromatic N) is 4. The van der Waals surface area contributed by atoms with E-state index in [1.54, 1.807) is 12.0 Å². The lowest BCUT2D eigenvalue weighted by molar-refractivity contribution is -0.138. The molecule has 0 atom stereocenters. The topological polar surface area (TPSA) is 112 Å². The first-order valence-corrected chi connectivity index (χ1v) is 11.9. The first-order chi connectivity index (χ1) is 18.1. The van der Waals surface area contributed by atoms with E-state index in [4.69, 9.17) is 19.5 Å². The van der Waals surface area contributed by atoms with E-state index in [-0.39, 0.29) is 42.5 Å². The summed E-state index contributed by atoms with van der Waals surface area (Å²) in [7, 11) is 1.57. The van der Waals surface area contributed by atoms with Crippen molar-refractivity contribution in [3.63, 3.8) is 0 Å². The molecule has 3 rings (SSSR count). The summed E-state index contributed by atoms with van der Waals surface area (Å²) in [5, 5.41) is 9.00. The fourth-order valence-electron chi connectivity index (χ4n) is 4.10. The van der Waals surface area contributed by atoms with Crippen LogP contribution in [0, 0.1) is 11.3 Å². The molecule has 2 heterocycles. The number of rotatable bonds is 11. The van der Waals surface area contributed by atoms with Gasteiger partial charge in [0.05, 0.1) is 49.3 Å². The van der Waals surface area contributed by atoms with Crippen molar-refractivity contribution in [3.05, 3.63) is 40.5 Å². The molecule has 0 radical (unpaired) electrons. The summed E-state index contributed by atoms with van der Waals surface area (Å²) in [5.74, 6) is -1.58. The van der Waals surface area contributed by atoms with E-state index in [1.807, 2.05) is 4.90 Å². The van der Waals surface area contributed by atoms with Crippen molar-refractivity contribution in [2.24, 2.45) is 0 Å². The summed E-state index contributed by atoms with van der Waals surface area (Å²) in [6, 6.07) is 4.22. The van der Waals surface area contributed by atoms with Gasteiger partial charge in [-0.25, -0.2) is 4.90 Å². The van der Waals surface area contributed by atoms with Crippen LogP contribution in [0.5, 0.6) is 0 Å². The number of halogens is 3. The largest absolute Gasteiger partial charge is 0.417 e. The van der Waals surface area contributed by atoms with Crippen LogP contribution in [0.1, 0.15) is 18.1 Å². The van der Waals surface area contributed by atoms with E-state index < -0.39 is 29.1 Å². The lowest BCUT2D eigenvalue weighted by Gasteiger charge is -2.34. The van der Waals surface area contributed by atoms with Gasteiger partial charge in [0, 0.05) is 51.0 Å². The minimum Gasteiger partial charge on any atom is -0.382 e. The van der Waals surface area contributed by atoms with Crippen molar-refractivity contribution >= 4 is 23.4 Å². The molecule has 1 saturated heterocycles. The van der Waals surface area contributed by atoms with Gasteiger partial charge in [0.1, 0.15) is 6.61 Å². The van der Waals surface area contributed by atoms with E-state index in [9.17, 15) is 27.6 Å². The smallest absolute Gasteiger partial charge is 0.382 e. The molecule has 0 unspecified atom stereocenters. The summed E-state index contributed by atoms with van der Waals surface area (Å²) >= 11 is 0. The number of alkyl halides is 3. The number of amides is 3. The zero-order chi connectivity index (χ0) is 27.9. The molecule has 1 aromatic rings. The molecule has 1 aromatic carbocycles. The molecule has 3 amide bonds. The quantitative estimate of drug-likeness (QED) is 0.309. The van der Waals surface area contributed by atoms with Crippen LogP contribution in [0.15, 0.2) is 29.3 Å². The van der Waals surface area contributed by atoms with Gasteiger partial charge in [0.25, 0.3) is 11.8 Å². The lowest BCUT2D eigenvalue weighted by atomic mass is 10.1. The highest BCUT2D eigenvalue weighted by atomic mass is 19.4. The first kappa shape index (κ1) is 29.2. The minimum absolute atomic E-state index is 0.0790. The van der Waals surface area contributed by atoms with Crippen molar-refractivity contribution in [2.45, 2.75) is 13.1 Å². The Morgan fingerprint density at radius 2 is 1.68 bits per heavy atom. The average molecular weight is 539 g/mol. The maximum Gasteiger partial charge on any atom is 0.417 e. The Labute approximate surface area is 218 Å². The summed E-state index contributed by atoms with van der Waals surface area (Å²) < 4.78 is 55.6. The van der Waals surface area contributed by atoms with Crippen molar-refractivity contribution in [2.75, 3.05) is 77.8 Å². The van der Waals surface area contributed by atoms with E-state index >= 15 is 0 Å². The number of hydrogen-bond acceptors (Lipinski definition) is 8. The average Bonchev–Trinajstić information content (AvgIpc) is 3.10. The molecule has 2 aliphatic rings. The number of anilines is 1. The molecule has 0 spiro atoms. The van der Waals surface area contributed by atoms with Gasteiger partial charge in [-0.15, -0.1) is 0 Å². The van der Waals surface area contributed by atoms with E-state index in [0.29, 0.717) is 57.0 Å². The standard InChI is InChI=1S/C25H29F3N4O6/c1-17-20(15-30-5-7-31(8-6-30)22(33)16-38-12-11-37-10-9-36-2)24(35)32(23(17)34)19-4-3-18(14-29)21(13-19)25(26,27)28/h3-4,13H,5-12,15-16H2,1-2H3. The van der Waals surface area contributed by atoms with E-state index in [0.717, 1.165) is 12.1 Å². The van der Waals surface area contributed by atoms with Crippen LogP contribution < -0.4 is 4.90 Å². The van der Waals surface area contributed by atoms with E-state index in [1.165, 1.54) is 13.0 Å². The number of nitriles is 1. The molecule has 0 aromatic heterocycles. The van der Waals surface area contributed by atoms with Gasteiger partial charge in [-0.1, -0.05) is 0 Å². The lowest BCUT2D eigenvalue weighted by Crippen LogP contribution is -2.50. The van der Waals surface area contributed by atoms with Crippen LogP contribution in [0.4, 0.5) is 18.9 Å². The van der Waals surface area contributed by atoms with Crippen LogP contribution >= 0.6 is 0 Å². The summed E-state index contributed by atoms with van der Waals surface area (Å²) in [6.45, 7) is 4.73. The zero-order valence-corrected chi connectivity index (χ0v) is 21.2. The Morgan fingerprint density at radius 3 is 2.32 bits per heavy atom. The van der Waals surface area contributed by atoms with E-state index in [2.05, 4.69) is 0 Å². The zero-order valence-electron chi connectivity index (χ0n) is 21.2. The highest BCUT2D eigenvalue weighted by molar-refractivity contribution is 6.32. The van der Waals surface area contributed by atoms with Crippen LogP contribution in [0.3, 0.4) is 0 Å². The summed E-state index contributed by atoms with van der Waals surface area (Å²) in [4.78, 5) is 42.6. The molecule has 206 valence electrons. The minimum atomic E-state index is -4.82. The molecule has 0 bridgehead atoms. The van der Waals surface area contributed by atoms with Crippen molar-refractivity contribution in [1.29, 1.82) is 5.26 Å². The molecule has 0 saturated carbocycles. The molecular formula is C25H29F3N4O6. The molecule has 38 heavy (non-hydrogen) atoms. The Bertz CT molecular complexity index is 1120. The van der Waals surface area contributed by atoms with Gasteiger partial charge in [-0.2, -0.15) is 18.4 Å². The summed E-state index contributed by atoms with van der Waals surface area (Å²) in [5.41, 5.74) is -1.73. The fourth-order valence-corrected chi connectivity index (χ4v) is 4.10. The highest BCUT2D eigenvalue weighted by Gasteiger charge is 2.40. The number of methoxy groups -OCH3 is 1. The van der Waals surface area contributed by atoms with Crippen LogP contribution in [-0.4, -0.2) is 100 Å². The van der Waals surface area contributed by atoms with Crippen LogP contribution in [0.25, 0.3) is 0 Å². The first-order valence-electron chi connectivity index (χ1n) is 11.9. The monoisotopic (exact) mass is 538 g/mol. The molecule has 0 N–H and O–H groups in total.